The van der Waals surface area contributed by atoms with Gasteiger partial charge in [-0.25, -0.2) is 0 Å². The molecule has 3 heteroatoms. The molecule has 2 rings (SSSR count). The average Bonchev–Trinajstić information content (AvgIpc) is 2.44. The van der Waals surface area contributed by atoms with Crippen LogP contribution < -0.4 is 5.73 Å². The van der Waals surface area contributed by atoms with E-state index in [0.717, 1.165) is 11.0 Å². The van der Waals surface area contributed by atoms with Crippen LogP contribution in [0, 0.1) is 13.8 Å². The molecule has 0 heterocycles. The summed E-state index contributed by atoms with van der Waals surface area (Å²) >= 11 is 3.62. The van der Waals surface area contributed by atoms with Crippen LogP contribution in [-0.4, -0.2) is 18.5 Å². The summed E-state index contributed by atoms with van der Waals surface area (Å²) in [5.74, 6) is 0. The Morgan fingerprint density at radius 3 is 2.48 bits per heavy atom. The van der Waals surface area contributed by atoms with Crippen LogP contribution in [0.15, 0.2) is 46.9 Å². The molecule has 2 N–H and O–H groups in total. The van der Waals surface area contributed by atoms with Gasteiger partial charge in [-0.2, -0.15) is 0 Å². The van der Waals surface area contributed by atoms with E-state index in [4.69, 9.17) is 5.73 Å². The third-order valence-electron chi connectivity index (χ3n) is 3.92. The van der Waals surface area contributed by atoms with Crippen molar-refractivity contribution in [1.29, 1.82) is 0 Å². The molecule has 0 amide bonds. The number of halogens is 1. The van der Waals surface area contributed by atoms with Gasteiger partial charge < -0.3 is 5.73 Å². The average molecular weight is 347 g/mol. The molecule has 0 aromatic heterocycles. The maximum Gasteiger partial charge on any atom is 0.0473 e. The zero-order valence-corrected chi connectivity index (χ0v) is 14.5. The molecule has 2 nitrogen and oxygen atoms in total. The lowest BCUT2D eigenvalue weighted by atomic mass is 9.98. The van der Waals surface area contributed by atoms with E-state index in [1.807, 2.05) is 6.07 Å². The van der Waals surface area contributed by atoms with Crippen LogP contribution >= 0.6 is 15.9 Å². The Hall–Kier alpha value is -1.16. The molecule has 0 aliphatic rings. The summed E-state index contributed by atoms with van der Waals surface area (Å²) in [6.45, 7) is 5.78. The fraction of sp³-hybridized carbons (Fsp3) is 0.333. The molecule has 0 saturated heterocycles. The number of nitrogens with two attached hydrogens (primary N) is 1. The second-order valence-electron chi connectivity index (χ2n) is 5.62. The summed E-state index contributed by atoms with van der Waals surface area (Å²) in [7, 11) is 2.14. The maximum atomic E-state index is 6.05. The largest absolute Gasteiger partial charge is 0.329 e. The number of hydrogen-bond acceptors (Lipinski definition) is 2. The number of hydrogen-bond donors (Lipinski definition) is 1. The van der Waals surface area contributed by atoms with Crippen molar-refractivity contribution in [2.24, 2.45) is 5.73 Å². The Bertz CT molecular complexity index is 610. The minimum absolute atomic E-state index is 0.234. The van der Waals surface area contributed by atoms with Crippen LogP contribution in [0.4, 0.5) is 0 Å². The Morgan fingerprint density at radius 2 is 1.86 bits per heavy atom. The van der Waals surface area contributed by atoms with Gasteiger partial charge in [-0.1, -0.05) is 57.9 Å². The monoisotopic (exact) mass is 346 g/mol. The normalized spacial score (nSPS) is 12.7. The van der Waals surface area contributed by atoms with Crippen molar-refractivity contribution < 1.29 is 0 Å². The molecule has 0 bridgehead atoms. The van der Waals surface area contributed by atoms with E-state index in [1.165, 1.54) is 22.3 Å². The van der Waals surface area contributed by atoms with Crippen molar-refractivity contribution in [1.82, 2.24) is 4.90 Å². The maximum absolute atomic E-state index is 6.05. The number of benzene rings is 2. The van der Waals surface area contributed by atoms with Crippen molar-refractivity contribution in [2.75, 3.05) is 13.6 Å². The van der Waals surface area contributed by atoms with E-state index in [2.05, 4.69) is 78.1 Å². The van der Waals surface area contributed by atoms with Crippen LogP contribution in [0.5, 0.6) is 0 Å². The lowest BCUT2D eigenvalue weighted by molar-refractivity contribution is 0.240. The van der Waals surface area contributed by atoms with Gasteiger partial charge >= 0.3 is 0 Å². The third-order valence-corrected chi connectivity index (χ3v) is 4.69. The molecular formula is C18H23BrN2. The van der Waals surface area contributed by atoms with Crippen LogP contribution in [0.25, 0.3) is 0 Å². The second kappa shape index (κ2) is 7.21. The molecule has 0 radical (unpaired) electrons. The summed E-state index contributed by atoms with van der Waals surface area (Å²) in [5, 5.41) is 0. The van der Waals surface area contributed by atoms with E-state index in [1.54, 1.807) is 0 Å². The molecule has 112 valence electrons. The molecule has 0 aliphatic carbocycles. The summed E-state index contributed by atoms with van der Waals surface area (Å²) in [4.78, 5) is 2.32. The van der Waals surface area contributed by atoms with Crippen LogP contribution in [0.2, 0.25) is 0 Å². The molecule has 0 saturated carbocycles. The van der Waals surface area contributed by atoms with Crippen molar-refractivity contribution >= 4 is 15.9 Å². The fourth-order valence-corrected chi connectivity index (χ4v) is 3.16. The van der Waals surface area contributed by atoms with Crippen molar-refractivity contribution in [3.63, 3.8) is 0 Å². The molecule has 0 aliphatic heterocycles. The van der Waals surface area contributed by atoms with E-state index >= 15 is 0 Å². The SMILES string of the molecule is Cc1ccc(C(CN)N(C)Cc2ccccc2Br)c(C)c1. The molecule has 0 fully saturated rings. The van der Waals surface area contributed by atoms with E-state index in [0.29, 0.717) is 6.54 Å². The van der Waals surface area contributed by atoms with Gasteiger partial charge in [0.25, 0.3) is 0 Å². The summed E-state index contributed by atoms with van der Waals surface area (Å²) in [6, 6.07) is 15.2. The van der Waals surface area contributed by atoms with Crippen LogP contribution in [0.1, 0.15) is 28.3 Å². The first kappa shape index (κ1) is 16.2. The highest BCUT2D eigenvalue weighted by atomic mass is 79.9. The van der Waals surface area contributed by atoms with Crippen LogP contribution in [-0.2, 0) is 6.54 Å². The Labute approximate surface area is 136 Å². The number of nitrogens with zero attached hydrogens (tertiary/aromatic N) is 1. The number of rotatable bonds is 5. The smallest absolute Gasteiger partial charge is 0.0473 e. The van der Waals surface area contributed by atoms with Gasteiger partial charge in [0.05, 0.1) is 0 Å². The fourth-order valence-electron chi connectivity index (χ4n) is 2.75. The molecule has 0 spiro atoms. The Kier molecular flexibility index (Phi) is 5.57. The zero-order chi connectivity index (χ0) is 15.4. The molecular weight excluding hydrogens is 324 g/mol. The van der Waals surface area contributed by atoms with E-state index < -0.39 is 0 Å². The summed E-state index contributed by atoms with van der Waals surface area (Å²) in [6.07, 6.45) is 0. The van der Waals surface area contributed by atoms with Gasteiger partial charge in [0.1, 0.15) is 0 Å². The third kappa shape index (κ3) is 3.94. The zero-order valence-electron chi connectivity index (χ0n) is 12.9. The van der Waals surface area contributed by atoms with E-state index in [-0.39, 0.29) is 6.04 Å². The first-order valence-corrected chi connectivity index (χ1v) is 8.03. The highest BCUT2D eigenvalue weighted by Crippen LogP contribution is 2.26. The molecule has 21 heavy (non-hydrogen) atoms. The topological polar surface area (TPSA) is 29.3 Å². The van der Waals surface area contributed by atoms with Crippen LogP contribution in [0.3, 0.4) is 0 Å². The first-order valence-electron chi connectivity index (χ1n) is 7.23. The Morgan fingerprint density at radius 1 is 1.14 bits per heavy atom. The number of likely N-dealkylation sites (N-methyl/N-ethyl adjacent to an activating group) is 1. The predicted octanol–water partition coefficient (Wildman–Crippen LogP) is 4.20. The summed E-state index contributed by atoms with van der Waals surface area (Å²) in [5.41, 5.74) is 11.3. The van der Waals surface area contributed by atoms with Gasteiger partial charge in [-0.3, -0.25) is 4.90 Å². The van der Waals surface area contributed by atoms with Gasteiger partial charge in [0.15, 0.2) is 0 Å². The second-order valence-corrected chi connectivity index (χ2v) is 6.47. The van der Waals surface area contributed by atoms with Gasteiger partial charge in [-0.15, -0.1) is 0 Å². The molecule has 2 aromatic rings. The quantitative estimate of drug-likeness (QED) is 0.878. The molecule has 1 atom stereocenters. The lowest BCUT2D eigenvalue weighted by Crippen LogP contribution is -2.30. The highest BCUT2D eigenvalue weighted by Gasteiger charge is 2.18. The standard InChI is InChI=1S/C18H23BrN2/c1-13-8-9-16(14(2)10-13)18(11-20)21(3)12-15-6-4-5-7-17(15)19/h4-10,18H,11-12,20H2,1-3H3. The summed E-state index contributed by atoms with van der Waals surface area (Å²) < 4.78 is 1.15. The highest BCUT2D eigenvalue weighted by molar-refractivity contribution is 9.10. The van der Waals surface area contributed by atoms with Gasteiger partial charge in [-0.05, 0) is 43.7 Å². The Balaban J connectivity index is 2.22. The van der Waals surface area contributed by atoms with Gasteiger partial charge in [0.2, 0.25) is 0 Å². The molecule has 1 unspecified atom stereocenters. The van der Waals surface area contributed by atoms with E-state index in [9.17, 15) is 0 Å². The lowest BCUT2D eigenvalue weighted by Gasteiger charge is -2.29. The molecule has 2 aromatic carbocycles. The minimum atomic E-state index is 0.234. The van der Waals surface area contributed by atoms with Crippen molar-refractivity contribution in [2.45, 2.75) is 26.4 Å². The van der Waals surface area contributed by atoms with Crippen molar-refractivity contribution in [3.05, 3.63) is 69.2 Å². The van der Waals surface area contributed by atoms with Gasteiger partial charge in [0, 0.05) is 23.6 Å². The first-order chi connectivity index (χ1) is 10.0. The minimum Gasteiger partial charge on any atom is -0.329 e. The predicted molar refractivity (Wildman–Crippen MR) is 93.3 cm³/mol. The van der Waals surface area contributed by atoms with Crippen molar-refractivity contribution in [3.8, 4) is 0 Å². The number of aryl methyl sites for hydroxylation is 2.